The molecule has 1 rings (SSSR count). The normalized spacial score (nSPS) is 11.0. The summed E-state index contributed by atoms with van der Waals surface area (Å²) in [7, 11) is 1.58. The van der Waals surface area contributed by atoms with Crippen molar-refractivity contribution in [3.8, 4) is 5.75 Å². The summed E-state index contributed by atoms with van der Waals surface area (Å²) in [5, 5.41) is 3.52. The fraction of sp³-hybridized carbons (Fsp3) is 0.533. The number of hydrogen-bond acceptors (Lipinski definition) is 3. The number of aliphatic imine (C=N–C) groups is 1. The zero-order valence-electron chi connectivity index (χ0n) is 13.1. The Morgan fingerprint density at radius 3 is 2.68 bits per heavy atom. The summed E-state index contributed by atoms with van der Waals surface area (Å²) in [6.07, 6.45) is 3.11. The number of nitrogens with one attached hydrogen (secondary N) is 1. The summed E-state index contributed by atoms with van der Waals surface area (Å²) in [5.74, 6) is 0.992. The average Bonchev–Trinajstić information content (AvgIpc) is 2.46. The second kappa shape index (κ2) is 12.8. The molecule has 0 aromatic heterocycles. The van der Waals surface area contributed by atoms with Crippen LogP contribution in [0.2, 0.25) is 5.02 Å². The van der Waals surface area contributed by atoms with E-state index >= 15 is 0 Å². The van der Waals surface area contributed by atoms with Crippen LogP contribution in [0, 0.1) is 0 Å². The Hall–Kier alpha value is -0.730. The zero-order valence-corrected chi connectivity index (χ0v) is 16.2. The van der Waals surface area contributed by atoms with E-state index in [1.54, 1.807) is 19.2 Å². The Bertz CT molecular complexity index is 458. The minimum absolute atomic E-state index is 0. The first kappa shape index (κ1) is 21.3. The van der Waals surface area contributed by atoms with E-state index < -0.39 is 0 Å². The van der Waals surface area contributed by atoms with Gasteiger partial charge in [0.2, 0.25) is 0 Å². The summed E-state index contributed by atoms with van der Waals surface area (Å²) in [4.78, 5) is 4.24. The van der Waals surface area contributed by atoms with Gasteiger partial charge in [0.05, 0.1) is 12.1 Å². The number of halogens is 2. The third kappa shape index (κ3) is 8.65. The molecular formula is C15H25ClIN3O2. The van der Waals surface area contributed by atoms with Crippen LogP contribution in [0.5, 0.6) is 5.75 Å². The van der Waals surface area contributed by atoms with Crippen molar-refractivity contribution in [3.63, 3.8) is 0 Å². The van der Waals surface area contributed by atoms with E-state index in [-0.39, 0.29) is 24.0 Å². The molecule has 0 saturated carbocycles. The van der Waals surface area contributed by atoms with Gasteiger partial charge in [-0.3, -0.25) is 4.99 Å². The van der Waals surface area contributed by atoms with E-state index in [9.17, 15) is 0 Å². The van der Waals surface area contributed by atoms with Crippen LogP contribution in [0.1, 0.15) is 26.2 Å². The van der Waals surface area contributed by atoms with Crippen molar-refractivity contribution in [2.45, 2.75) is 26.2 Å². The fourth-order valence-corrected chi connectivity index (χ4v) is 1.90. The number of benzene rings is 1. The molecule has 0 unspecified atom stereocenters. The molecule has 0 fully saturated rings. The topological polar surface area (TPSA) is 68.9 Å². The van der Waals surface area contributed by atoms with E-state index in [1.807, 2.05) is 6.07 Å². The zero-order chi connectivity index (χ0) is 15.5. The van der Waals surface area contributed by atoms with Gasteiger partial charge in [0.1, 0.15) is 5.75 Å². The van der Waals surface area contributed by atoms with E-state index in [0.717, 1.165) is 31.6 Å². The third-order valence-electron chi connectivity index (χ3n) is 2.80. The van der Waals surface area contributed by atoms with Crippen LogP contribution in [-0.2, 0) is 4.74 Å². The molecule has 0 aliphatic heterocycles. The summed E-state index contributed by atoms with van der Waals surface area (Å²) in [6.45, 7) is 4.31. The SMILES string of the molecule is CCCCOCCCN=C(N)Nc1ccc(OC)c(Cl)c1.I. The van der Waals surface area contributed by atoms with Crippen LogP contribution >= 0.6 is 35.6 Å². The van der Waals surface area contributed by atoms with Gasteiger partial charge in [-0.05, 0) is 31.0 Å². The smallest absolute Gasteiger partial charge is 0.193 e. The van der Waals surface area contributed by atoms with Gasteiger partial charge < -0.3 is 20.5 Å². The molecule has 0 atom stereocenters. The van der Waals surface area contributed by atoms with Crippen LogP contribution < -0.4 is 15.8 Å². The maximum Gasteiger partial charge on any atom is 0.193 e. The quantitative estimate of drug-likeness (QED) is 0.264. The molecule has 22 heavy (non-hydrogen) atoms. The molecule has 0 aliphatic carbocycles. The van der Waals surface area contributed by atoms with Gasteiger partial charge in [0.25, 0.3) is 0 Å². The molecule has 0 aliphatic rings. The third-order valence-corrected chi connectivity index (χ3v) is 3.09. The van der Waals surface area contributed by atoms with Crippen LogP contribution in [0.25, 0.3) is 0 Å². The number of nitrogens with two attached hydrogens (primary N) is 1. The number of ether oxygens (including phenoxy) is 2. The molecule has 3 N–H and O–H groups in total. The number of nitrogens with zero attached hydrogens (tertiary/aromatic N) is 1. The first-order chi connectivity index (χ1) is 10.2. The summed E-state index contributed by atoms with van der Waals surface area (Å²) in [5.41, 5.74) is 6.59. The number of anilines is 1. The Morgan fingerprint density at radius 1 is 1.32 bits per heavy atom. The number of guanidine groups is 1. The van der Waals surface area contributed by atoms with Gasteiger partial charge in [0, 0.05) is 25.4 Å². The van der Waals surface area contributed by atoms with Crippen molar-refractivity contribution < 1.29 is 9.47 Å². The largest absolute Gasteiger partial charge is 0.495 e. The maximum atomic E-state index is 6.04. The predicted octanol–water partition coefficient (Wildman–Crippen LogP) is 3.90. The lowest BCUT2D eigenvalue weighted by molar-refractivity contribution is 0.130. The molecule has 0 heterocycles. The molecule has 1 aromatic carbocycles. The number of methoxy groups -OCH3 is 1. The summed E-state index contributed by atoms with van der Waals surface area (Å²) < 4.78 is 10.5. The van der Waals surface area contributed by atoms with Gasteiger partial charge in [-0.2, -0.15) is 0 Å². The number of unbranched alkanes of at least 4 members (excludes halogenated alkanes) is 1. The molecule has 126 valence electrons. The van der Waals surface area contributed by atoms with Crippen molar-refractivity contribution in [2.24, 2.45) is 10.7 Å². The second-order valence-corrected chi connectivity index (χ2v) is 4.97. The van der Waals surface area contributed by atoms with Crippen LogP contribution in [0.3, 0.4) is 0 Å². The van der Waals surface area contributed by atoms with Crippen LogP contribution in [0.4, 0.5) is 5.69 Å². The van der Waals surface area contributed by atoms with Gasteiger partial charge in [0.15, 0.2) is 5.96 Å². The van der Waals surface area contributed by atoms with Gasteiger partial charge >= 0.3 is 0 Å². The lowest BCUT2D eigenvalue weighted by atomic mass is 10.3. The molecular weight excluding hydrogens is 417 g/mol. The monoisotopic (exact) mass is 441 g/mol. The van der Waals surface area contributed by atoms with Crippen molar-refractivity contribution in [1.82, 2.24) is 0 Å². The van der Waals surface area contributed by atoms with Gasteiger partial charge in [-0.25, -0.2) is 0 Å². The average molecular weight is 442 g/mol. The summed E-state index contributed by atoms with van der Waals surface area (Å²) >= 11 is 6.04. The number of rotatable bonds is 9. The predicted molar refractivity (Wildman–Crippen MR) is 104 cm³/mol. The summed E-state index contributed by atoms with van der Waals surface area (Å²) in [6, 6.07) is 5.36. The van der Waals surface area contributed by atoms with Crippen molar-refractivity contribution in [3.05, 3.63) is 23.2 Å². The van der Waals surface area contributed by atoms with Crippen LogP contribution in [-0.4, -0.2) is 32.8 Å². The molecule has 7 heteroatoms. The highest BCUT2D eigenvalue weighted by atomic mass is 127. The minimum atomic E-state index is 0. The Labute approximate surface area is 154 Å². The van der Waals surface area contributed by atoms with E-state index in [1.165, 1.54) is 0 Å². The first-order valence-corrected chi connectivity index (χ1v) is 7.53. The highest BCUT2D eigenvalue weighted by Gasteiger charge is 2.02. The highest BCUT2D eigenvalue weighted by Crippen LogP contribution is 2.26. The molecule has 0 saturated heterocycles. The standard InChI is InChI=1S/C15H24ClN3O2.HI/c1-3-4-9-21-10-5-8-18-15(17)19-12-6-7-14(20-2)13(16)11-12;/h6-7,11H,3-5,8-10H2,1-2H3,(H3,17,18,19);1H. The molecule has 5 nitrogen and oxygen atoms in total. The van der Waals surface area contributed by atoms with Gasteiger partial charge in [-0.15, -0.1) is 24.0 Å². The highest BCUT2D eigenvalue weighted by molar-refractivity contribution is 14.0. The first-order valence-electron chi connectivity index (χ1n) is 7.15. The fourth-order valence-electron chi connectivity index (χ4n) is 1.65. The Morgan fingerprint density at radius 2 is 2.05 bits per heavy atom. The second-order valence-electron chi connectivity index (χ2n) is 4.56. The van der Waals surface area contributed by atoms with Crippen molar-refractivity contribution >= 4 is 47.2 Å². The Kier molecular flexibility index (Phi) is 12.4. The lowest BCUT2D eigenvalue weighted by Gasteiger charge is -2.08. The van der Waals surface area contributed by atoms with Crippen molar-refractivity contribution in [2.75, 3.05) is 32.2 Å². The van der Waals surface area contributed by atoms with E-state index in [4.69, 9.17) is 26.8 Å². The number of hydrogen-bond donors (Lipinski definition) is 2. The lowest BCUT2D eigenvalue weighted by Crippen LogP contribution is -2.23. The van der Waals surface area contributed by atoms with Crippen molar-refractivity contribution in [1.29, 1.82) is 0 Å². The van der Waals surface area contributed by atoms with Crippen LogP contribution in [0.15, 0.2) is 23.2 Å². The molecule has 0 amide bonds. The van der Waals surface area contributed by atoms with E-state index in [0.29, 0.717) is 29.9 Å². The van der Waals surface area contributed by atoms with Gasteiger partial charge in [-0.1, -0.05) is 24.9 Å². The minimum Gasteiger partial charge on any atom is -0.495 e. The molecule has 1 aromatic rings. The maximum absolute atomic E-state index is 6.04. The molecule has 0 spiro atoms. The molecule has 0 radical (unpaired) electrons. The molecule has 0 bridgehead atoms. The van der Waals surface area contributed by atoms with E-state index in [2.05, 4.69) is 17.2 Å². The Balaban J connectivity index is 0.00000441.